The van der Waals surface area contributed by atoms with E-state index in [1.54, 1.807) is 48.7 Å². The number of carbonyl (C=O) groups is 3. The molecule has 16 heteroatoms. The van der Waals surface area contributed by atoms with Crippen molar-refractivity contribution in [3.05, 3.63) is 63.8 Å². The maximum Gasteiger partial charge on any atom is 0.346 e. The third-order valence-corrected chi connectivity index (χ3v) is 8.10. The first-order valence-corrected chi connectivity index (χ1v) is 14.7. The van der Waals surface area contributed by atoms with Gasteiger partial charge in [-0.3, -0.25) is 14.2 Å². The van der Waals surface area contributed by atoms with Crippen molar-refractivity contribution in [3.8, 4) is 0 Å². The number of nitrogens with two attached hydrogens (primary N) is 1. The minimum absolute atomic E-state index is 0.0220. The Morgan fingerprint density at radius 1 is 1.25 bits per heavy atom. The monoisotopic (exact) mass is 646 g/mol. The average Bonchev–Trinajstić information content (AvgIpc) is 3.73. The second-order valence-corrected chi connectivity index (χ2v) is 11.2. The van der Waals surface area contributed by atoms with Gasteiger partial charge in [-0.15, -0.1) is 11.3 Å². The molecule has 4 N–H and O–H groups in total. The molecule has 13 nitrogen and oxygen atoms in total. The minimum Gasteiger partial charge on any atom is -0.463 e. The Hall–Kier alpha value is -4.02. The van der Waals surface area contributed by atoms with Gasteiger partial charge in [-0.05, 0) is 54.6 Å². The van der Waals surface area contributed by atoms with Crippen molar-refractivity contribution in [2.45, 2.75) is 50.5 Å². The minimum atomic E-state index is -2.14. The molecule has 5 rings (SSSR count). The second-order valence-electron chi connectivity index (χ2n) is 9.92. The highest BCUT2D eigenvalue weighted by Gasteiger charge is 2.51. The highest BCUT2D eigenvalue weighted by atomic mass is 35.5. The summed E-state index contributed by atoms with van der Waals surface area (Å²) in [4.78, 5) is 51.1. The van der Waals surface area contributed by atoms with Gasteiger partial charge in [0.1, 0.15) is 17.7 Å². The number of amides is 1. The summed E-state index contributed by atoms with van der Waals surface area (Å²) in [6.07, 6.45) is -5.39. The van der Waals surface area contributed by atoms with Gasteiger partial charge in [-0.1, -0.05) is 18.2 Å². The van der Waals surface area contributed by atoms with Crippen molar-refractivity contribution in [1.82, 2.24) is 19.5 Å². The van der Waals surface area contributed by atoms with Crippen molar-refractivity contribution in [2.24, 2.45) is 0 Å². The van der Waals surface area contributed by atoms with Crippen LogP contribution in [0.15, 0.2) is 48.1 Å². The zero-order chi connectivity index (χ0) is 31.6. The number of nitrogen functional groups attached to an aromatic ring is 1. The number of nitrogens with one attached hydrogen (secondary N) is 1. The number of rotatable bonds is 11. The number of ether oxygens (including phenoxy) is 3. The van der Waals surface area contributed by atoms with Gasteiger partial charge in [-0.25, -0.2) is 14.2 Å². The molecule has 4 heterocycles. The SMILES string of the molecule is CCOC(=O)C(Cc1ccc(NC(=O)c2cccs2)cc1)(OC[C@H]1O[C@@H](n2cnc3c(N)nc(Cl)nc32)[C@@H](F)[C@@H]1O)C(C)=O. The standard InChI is InChI=1S/C28H28ClFN6O7S/c1-3-41-26(40)28(14(2)37,11-15-6-8-16(9-7-15)33-24(39)18-5-4-10-44-18)42-12-17-21(38)19(30)25(43-17)36-13-32-20-22(31)34-27(29)35-23(20)36/h4-10,13,17,19,21,25,38H,3,11-12H2,1-2H3,(H,33,39)(H2,31,34,35)/t17-,19+,21-,25-,28?/m1/s1. The van der Waals surface area contributed by atoms with Gasteiger partial charge in [0.25, 0.3) is 5.91 Å². The summed E-state index contributed by atoms with van der Waals surface area (Å²) < 4.78 is 33.5. The van der Waals surface area contributed by atoms with Gasteiger partial charge >= 0.3 is 5.97 Å². The normalized spacial score (nSPS) is 21.2. The number of esters is 1. The number of aliphatic hydroxyl groups is 1. The Bertz CT molecular complexity index is 1670. The highest BCUT2D eigenvalue weighted by molar-refractivity contribution is 7.12. The van der Waals surface area contributed by atoms with Crippen LogP contribution in [0, 0.1) is 0 Å². The maximum atomic E-state index is 15.4. The summed E-state index contributed by atoms with van der Waals surface area (Å²) in [5.74, 6) is -1.92. The summed E-state index contributed by atoms with van der Waals surface area (Å²) in [5, 5.41) is 15.1. The number of benzene rings is 1. The summed E-state index contributed by atoms with van der Waals surface area (Å²) in [7, 11) is 0. The van der Waals surface area contributed by atoms with E-state index in [0.717, 1.165) is 0 Å². The Labute approximate surface area is 259 Å². The highest BCUT2D eigenvalue weighted by Crippen LogP contribution is 2.35. The van der Waals surface area contributed by atoms with E-state index in [1.165, 1.54) is 29.2 Å². The van der Waals surface area contributed by atoms with E-state index in [0.29, 0.717) is 16.1 Å². The lowest BCUT2D eigenvalue weighted by Crippen LogP contribution is -2.52. The summed E-state index contributed by atoms with van der Waals surface area (Å²) in [5.41, 5.74) is 4.96. The van der Waals surface area contributed by atoms with Crippen LogP contribution in [0.3, 0.4) is 0 Å². The third-order valence-electron chi connectivity index (χ3n) is 7.07. The van der Waals surface area contributed by atoms with Crippen molar-refractivity contribution >= 4 is 63.3 Å². The number of fused-ring (bicyclic) bond motifs is 1. The number of anilines is 2. The lowest BCUT2D eigenvalue weighted by Gasteiger charge is -2.30. The third kappa shape index (κ3) is 6.14. The number of nitrogens with zero attached hydrogens (tertiary/aromatic N) is 4. The molecule has 3 aromatic heterocycles. The quantitative estimate of drug-likeness (QED) is 0.124. The van der Waals surface area contributed by atoms with Crippen molar-refractivity contribution in [1.29, 1.82) is 0 Å². The predicted octanol–water partition coefficient (Wildman–Crippen LogP) is 3.12. The number of aliphatic hydroxyl groups excluding tert-OH is 1. The van der Waals surface area contributed by atoms with E-state index < -0.39 is 48.6 Å². The predicted molar refractivity (Wildman–Crippen MR) is 158 cm³/mol. The molecule has 1 aromatic carbocycles. The Balaban J connectivity index is 1.34. The number of imidazole rings is 1. The summed E-state index contributed by atoms with van der Waals surface area (Å²) >= 11 is 7.22. The van der Waals surface area contributed by atoms with Crippen LogP contribution in [-0.4, -0.2) is 79.5 Å². The molecule has 5 atom stereocenters. The zero-order valence-corrected chi connectivity index (χ0v) is 25.0. The first-order valence-electron chi connectivity index (χ1n) is 13.4. The van der Waals surface area contributed by atoms with Crippen LogP contribution in [0.25, 0.3) is 11.2 Å². The van der Waals surface area contributed by atoms with Crippen LogP contribution < -0.4 is 11.1 Å². The van der Waals surface area contributed by atoms with Gasteiger partial charge in [0.2, 0.25) is 10.9 Å². The number of hydrogen-bond acceptors (Lipinski definition) is 12. The van der Waals surface area contributed by atoms with Gasteiger partial charge in [0.15, 0.2) is 29.6 Å². The van der Waals surface area contributed by atoms with Crippen LogP contribution in [0.4, 0.5) is 15.9 Å². The molecule has 4 aromatic rings. The lowest BCUT2D eigenvalue weighted by atomic mass is 9.90. The lowest BCUT2D eigenvalue weighted by molar-refractivity contribution is -0.183. The first-order chi connectivity index (χ1) is 21.0. The van der Waals surface area contributed by atoms with Crippen LogP contribution >= 0.6 is 22.9 Å². The molecule has 1 aliphatic rings. The van der Waals surface area contributed by atoms with Gasteiger partial charge in [0, 0.05) is 12.1 Å². The average molecular weight is 647 g/mol. The number of hydrogen-bond donors (Lipinski definition) is 3. The number of carbonyl (C=O) groups excluding carboxylic acids is 3. The molecule has 1 fully saturated rings. The Kier molecular flexibility index (Phi) is 9.22. The van der Waals surface area contributed by atoms with Crippen LogP contribution in [0.5, 0.6) is 0 Å². The fourth-order valence-corrected chi connectivity index (χ4v) is 5.57. The zero-order valence-electron chi connectivity index (χ0n) is 23.5. The molecule has 0 spiro atoms. The smallest absolute Gasteiger partial charge is 0.346 e. The van der Waals surface area contributed by atoms with Gasteiger partial charge in [-0.2, -0.15) is 9.97 Å². The molecule has 44 heavy (non-hydrogen) atoms. The van der Waals surface area contributed by atoms with Crippen LogP contribution in [-0.2, 0) is 30.2 Å². The van der Waals surface area contributed by atoms with E-state index in [2.05, 4.69) is 20.3 Å². The molecule has 0 saturated carbocycles. The summed E-state index contributed by atoms with van der Waals surface area (Å²) in [6, 6.07) is 9.96. The number of Topliss-reactive ketones (excluding diaryl/α,β-unsaturated/α-hetero) is 1. The fourth-order valence-electron chi connectivity index (χ4n) is 4.78. The van der Waals surface area contributed by atoms with Crippen LogP contribution in [0.1, 0.15) is 35.3 Å². The molecule has 0 bridgehead atoms. The van der Waals surface area contributed by atoms with Crippen LogP contribution in [0.2, 0.25) is 5.28 Å². The Morgan fingerprint density at radius 2 is 2.00 bits per heavy atom. The summed E-state index contributed by atoms with van der Waals surface area (Å²) in [6.45, 7) is 2.16. The van der Waals surface area contributed by atoms with E-state index in [4.69, 9.17) is 31.5 Å². The number of halogens is 2. The molecule has 0 aliphatic carbocycles. The molecular formula is C28H28ClFN6O7S. The number of alkyl halides is 1. The van der Waals surface area contributed by atoms with Crippen molar-refractivity contribution < 1.29 is 38.1 Å². The molecule has 1 aliphatic heterocycles. The van der Waals surface area contributed by atoms with E-state index in [9.17, 15) is 19.5 Å². The maximum absolute atomic E-state index is 15.4. The largest absolute Gasteiger partial charge is 0.463 e. The first kappa shape index (κ1) is 31.4. The number of thiophene rings is 1. The molecule has 232 valence electrons. The number of aromatic nitrogens is 4. The topological polar surface area (TPSA) is 181 Å². The van der Waals surface area contributed by atoms with E-state index in [-0.39, 0.29) is 41.2 Å². The van der Waals surface area contributed by atoms with Gasteiger partial charge < -0.3 is 30.4 Å². The molecule has 1 unspecified atom stereocenters. The Morgan fingerprint density at radius 3 is 2.66 bits per heavy atom. The van der Waals surface area contributed by atoms with Crippen molar-refractivity contribution in [2.75, 3.05) is 24.3 Å². The van der Waals surface area contributed by atoms with Crippen molar-refractivity contribution in [3.63, 3.8) is 0 Å². The van der Waals surface area contributed by atoms with E-state index in [1.807, 2.05) is 0 Å². The van der Waals surface area contributed by atoms with Gasteiger partial charge in [0.05, 0.1) is 24.4 Å². The fraction of sp³-hybridized carbons (Fsp3) is 0.357. The number of ketones is 1. The molecule has 1 amide bonds. The second kappa shape index (κ2) is 12.9. The molecule has 0 radical (unpaired) electrons. The van der Waals surface area contributed by atoms with E-state index >= 15 is 4.39 Å². The molecule has 1 saturated heterocycles. The molecular weight excluding hydrogens is 619 g/mol.